The molecule has 0 spiro atoms. The zero-order valence-electron chi connectivity index (χ0n) is 10.9. The van der Waals surface area contributed by atoms with E-state index in [-0.39, 0.29) is 0 Å². The molecule has 0 unspecified atom stereocenters. The summed E-state index contributed by atoms with van der Waals surface area (Å²) in [4.78, 5) is 3.99. The molecule has 0 aliphatic heterocycles. The van der Waals surface area contributed by atoms with Crippen LogP contribution in [0.4, 0.5) is 0 Å². The molecule has 2 rings (SSSR count). The molecular weight excluding hydrogens is 222 g/mol. The van der Waals surface area contributed by atoms with Crippen molar-refractivity contribution in [3.8, 4) is 6.07 Å². The lowest BCUT2D eigenvalue weighted by atomic mass is 9.96. The highest BCUT2D eigenvalue weighted by Crippen LogP contribution is 2.17. The van der Waals surface area contributed by atoms with Gasteiger partial charge in [-0.15, -0.1) is 0 Å². The highest BCUT2D eigenvalue weighted by molar-refractivity contribution is 5.25. The van der Waals surface area contributed by atoms with Crippen LogP contribution in [0, 0.1) is 11.3 Å². The maximum absolute atomic E-state index is 8.81. The first kappa shape index (κ1) is 13.0. The molecule has 3 heteroatoms. The lowest BCUT2D eigenvalue weighted by molar-refractivity contribution is 0.389. The van der Waals surface area contributed by atoms with E-state index in [1.807, 2.05) is 12.1 Å². The number of nitrogens with zero attached hydrogens (tertiary/aromatic N) is 2. The number of aromatic nitrogens is 1. The lowest BCUT2D eigenvalue weighted by Crippen LogP contribution is -2.29. The molecule has 1 heterocycles. The monoisotopic (exact) mass is 243 g/mol. The molecule has 3 nitrogen and oxygen atoms in total. The molecular formula is C15H21N3. The van der Waals surface area contributed by atoms with Gasteiger partial charge in [-0.1, -0.05) is 32.1 Å². The second-order valence-corrected chi connectivity index (χ2v) is 5.08. The summed E-state index contributed by atoms with van der Waals surface area (Å²) in [5.74, 6) is 0. The van der Waals surface area contributed by atoms with Crippen molar-refractivity contribution < 1.29 is 0 Å². The summed E-state index contributed by atoms with van der Waals surface area (Å²) in [5.41, 5.74) is 1.66. The molecule has 0 radical (unpaired) electrons. The fourth-order valence-corrected chi connectivity index (χ4v) is 2.57. The number of nitriles is 1. The molecule has 0 bridgehead atoms. The lowest BCUT2D eigenvalue weighted by Gasteiger charge is -2.21. The van der Waals surface area contributed by atoms with Crippen molar-refractivity contribution in [2.75, 3.05) is 0 Å². The Morgan fingerprint density at radius 3 is 2.67 bits per heavy atom. The van der Waals surface area contributed by atoms with E-state index in [0.717, 1.165) is 12.1 Å². The van der Waals surface area contributed by atoms with Gasteiger partial charge in [0.15, 0.2) is 0 Å². The van der Waals surface area contributed by atoms with Gasteiger partial charge in [0, 0.05) is 18.8 Å². The first-order valence-corrected chi connectivity index (χ1v) is 6.97. The smallest absolute Gasteiger partial charge is 0.140 e. The van der Waals surface area contributed by atoms with E-state index in [1.165, 1.54) is 44.9 Å². The van der Waals surface area contributed by atoms with Gasteiger partial charge in [0.25, 0.3) is 0 Å². The Balaban J connectivity index is 1.83. The molecule has 1 aliphatic carbocycles. The van der Waals surface area contributed by atoms with Crippen molar-refractivity contribution in [1.29, 1.82) is 5.26 Å². The number of hydrogen-bond acceptors (Lipinski definition) is 3. The summed E-state index contributed by atoms with van der Waals surface area (Å²) in [6, 6.07) is 6.58. The highest BCUT2D eigenvalue weighted by atomic mass is 14.9. The van der Waals surface area contributed by atoms with Gasteiger partial charge in [-0.3, -0.25) is 0 Å². The van der Waals surface area contributed by atoms with Crippen LogP contribution in [0.5, 0.6) is 0 Å². The van der Waals surface area contributed by atoms with E-state index in [2.05, 4.69) is 16.4 Å². The molecule has 18 heavy (non-hydrogen) atoms. The Hall–Kier alpha value is -1.40. The summed E-state index contributed by atoms with van der Waals surface area (Å²) in [5, 5.41) is 12.4. The number of pyridine rings is 1. The SMILES string of the molecule is N#Cc1cc(CNC2CCCCCCC2)ccn1. The molecule has 0 atom stereocenters. The molecule has 96 valence electrons. The zero-order valence-corrected chi connectivity index (χ0v) is 10.9. The van der Waals surface area contributed by atoms with Crippen molar-refractivity contribution in [3.05, 3.63) is 29.6 Å². The van der Waals surface area contributed by atoms with E-state index >= 15 is 0 Å². The van der Waals surface area contributed by atoms with Crippen LogP contribution in [0.25, 0.3) is 0 Å². The molecule has 1 aliphatic rings. The largest absolute Gasteiger partial charge is 0.310 e. The van der Waals surface area contributed by atoms with Crippen LogP contribution in [-0.4, -0.2) is 11.0 Å². The predicted octanol–water partition coefficient (Wildman–Crippen LogP) is 3.16. The van der Waals surface area contributed by atoms with Gasteiger partial charge >= 0.3 is 0 Å². The van der Waals surface area contributed by atoms with Gasteiger partial charge < -0.3 is 5.32 Å². The summed E-state index contributed by atoms with van der Waals surface area (Å²) in [6.45, 7) is 0.849. The van der Waals surface area contributed by atoms with Gasteiger partial charge in [-0.05, 0) is 30.5 Å². The van der Waals surface area contributed by atoms with Crippen molar-refractivity contribution in [1.82, 2.24) is 10.3 Å². The number of rotatable bonds is 3. The third kappa shape index (κ3) is 4.12. The van der Waals surface area contributed by atoms with E-state index in [1.54, 1.807) is 6.20 Å². The van der Waals surface area contributed by atoms with Crippen LogP contribution in [0.3, 0.4) is 0 Å². The van der Waals surface area contributed by atoms with E-state index in [0.29, 0.717) is 11.7 Å². The Labute approximate surface area is 109 Å². The van der Waals surface area contributed by atoms with Crippen LogP contribution >= 0.6 is 0 Å². The minimum absolute atomic E-state index is 0.506. The van der Waals surface area contributed by atoms with Crippen molar-refractivity contribution in [2.24, 2.45) is 0 Å². The first-order chi connectivity index (χ1) is 8.88. The minimum atomic E-state index is 0.506. The summed E-state index contributed by atoms with van der Waals surface area (Å²) >= 11 is 0. The van der Waals surface area contributed by atoms with Crippen molar-refractivity contribution in [2.45, 2.75) is 57.5 Å². The molecule has 0 saturated heterocycles. The van der Waals surface area contributed by atoms with Crippen LogP contribution in [-0.2, 0) is 6.54 Å². The summed E-state index contributed by atoms with van der Waals surface area (Å²) < 4.78 is 0. The normalized spacial score (nSPS) is 17.7. The van der Waals surface area contributed by atoms with Crippen LogP contribution in [0.15, 0.2) is 18.3 Å². The topological polar surface area (TPSA) is 48.7 Å². The van der Waals surface area contributed by atoms with Crippen LogP contribution in [0.1, 0.15) is 56.2 Å². The standard InChI is InChI=1S/C15H21N3/c16-11-15-10-13(8-9-17-15)12-18-14-6-4-2-1-3-5-7-14/h8-10,14,18H,1-7,12H2. The molecule has 1 N–H and O–H groups in total. The molecule has 1 fully saturated rings. The number of nitrogens with one attached hydrogen (secondary N) is 1. The Morgan fingerprint density at radius 1 is 1.22 bits per heavy atom. The molecule has 1 aromatic rings. The van der Waals surface area contributed by atoms with Gasteiger partial charge in [-0.2, -0.15) is 5.26 Å². The fourth-order valence-electron chi connectivity index (χ4n) is 2.57. The van der Waals surface area contributed by atoms with E-state index in [9.17, 15) is 0 Å². The predicted molar refractivity (Wildman–Crippen MR) is 71.9 cm³/mol. The van der Waals surface area contributed by atoms with Gasteiger partial charge in [0.2, 0.25) is 0 Å². The zero-order chi connectivity index (χ0) is 12.6. The van der Waals surface area contributed by atoms with E-state index < -0.39 is 0 Å². The third-order valence-corrected chi connectivity index (χ3v) is 3.64. The third-order valence-electron chi connectivity index (χ3n) is 3.64. The first-order valence-electron chi connectivity index (χ1n) is 6.97. The Morgan fingerprint density at radius 2 is 1.94 bits per heavy atom. The van der Waals surface area contributed by atoms with Gasteiger partial charge in [-0.25, -0.2) is 4.98 Å². The maximum Gasteiger partial charge on any atom is 0.140 e. The quantitative estimate of drug-likeness (QED) is 0.887. The minimum Gasteiger partial charge on any atom is -0.310 e. The summed E-state index contributed by atoms with van der Waals surface area (Å²) in [7, 11) is 0. The molecule has 1 aromatic heterocycles. The Kier molecular flexibility index (Phi) is 5.16. The van der Waals surface area contributed by atoms with Crippen molar-refractivity contribution in [3.63, 3.8) is 0 Å². The maximum atomic E-state index is 8.81. The van der Waals surface area contributed by atoms with Gasteiger partial charge in [0.05, 0.1) is 0 Å². The average Bonchev–Trinajstić information content (AvgIpc) is 2.38. The van der Waals surface area contributed by atoms with Gasteiger partial charge in [0.1, 0.15) is 11.8 Å². The van der Waals surface area contributed by atoms with Crippen LogP contribution < -0.4 is 5.32 Å². The molecule has 1 saturated carbocycles. The Bertz CT molecular complexity index is 400. The number of hydrogen-bond donors (Lipinski definition) is 1. The second-order valence-electron chi connectivity index (χ2n) is 5.08. The fraction of sp³-hybridized carbons (Fsp3) is 0.600. The van der Waals surface area contributed by atoms with Crippen molar-refractivity contribution >= 4 is 0 Å². The summed E-state index contributed by atoms with van der Waals surface area (Å²) in [6.07, 6.45) is 11.1. The average molecular weight is 243 g/mol. The second kappa shape index (κ2) is 7.13. The van der Waals surface area contributed by atoms with Crippen LogP contribution in [0.2, 0.25) is 0 Å². The molecule has 0 amide bonds. The van der Waals surface area contributed by atoms with E-state index in [4.69, 9.17) is 5.26 Å². The molecule has 0 aromatic carbocycles. The highest BCUT2D eigenvalue weighted by Gasteiger charge is 2.10.